The number of hydrogen-bond acceptors (Lipinski definition) is 2. The van der Waals surface area contributed by atoms with Gasteiger partial charge in [0.2, 0.25) is 5.52 Å². The third-order valence-electron chi connectivity index (χ3n) is 4.41. The second-order valence-corrected chi connectivity index (χ2v) is 6.10. The van der Waals surface area contributed by atoms with Crippen molar-refractivity contribution in [2.24, 2.45) is 0 Å². The van der Waals surface area contributed by atoms with Gasteiger partial charge in [0.1, 0.15) is 11.5 Å². The van der Waals surface area contributed by atoms with Gasteiger partial charge in [0, 0.05) is 5.39 Å². The van der Waals surface area contributed by atoms with Crippen molar-refractivity contribution in [3.8, 4) is 5.69 Å². The van der Waals surface area contributed by atoms with E-state index in [0.29, 0.717) is 11.1 Å². The summed E-state index contributed by atoms with van der Waals surface area (Å²) in [6, 6.07) is 13.7. The van der Waals surface area contributed by atoms with E-state index in [1.54, 1.807) is 18.2 Å². The Morgan fingerprint density at radius 2 is 1.80 bits per heavy atom. The third kappa shape index (κ3) is 2.61. The first-order chi connectivity index (χ1) is 12.2. The highest BCUT2D eigenvalue weighted by molar-refractivity contribution is 6.00. The van der Waals surface area contributed by atoms with Crippen LogP contribution in [0.5, 0.6) is 0 Å². The summed E-state index contributed by atoms with van der Waals surface area (Å²) in [7, 11) is 0. The van der Waals surface area contributed by atoms with Gasteiger partial charge in [-0.2, -0.15) is 9.13 Å². The molecule has 0 atom stereocenters. The molecule has 126 valence electrons. The number of halogens is 1. The number of aryl methyl sites for hydroxylation is 1. The maximum Gasteiger partial charge on any atom is 0.347 e. The maximum absolute atomic E-state index is 13.3. The summed E-state index contributed by atoms with van der Waals surface area (Å²) in [6.45, 7) is 2.87. The average Bonchev–Trinajstić information content (AvgIpc) is 2.99. The SMILES string of the molecule is CCCC[n+]1cn(-c2ccc(F)cc2)c2c3ccccc3c(=O)oc21. The van der Waals surface area contributed by atoms with E-state index in [4.69, 9.17) is 4.42 Å². The van der Waals surface area contributed by atoms with Gasteiger partial charge < -0.3 is 4.42 Å². The van der Waals surface area contributed by atoms with Gasteiger partial charge in [0.15, 0.2) is 0 Å². The molecule has 4 rings (SSSR count). The Morgan fingerprint density at radius 1 is 1.08 bits per heavy atom. The van der Waals surface area contributed by atoms with Crippen LogP contribution in [0.3, 0.4) is 0 Å². The zero-order valence-corrected chi connectivity index (χ0v) is 13.9. The third-order valence-corrected chi connectivity index (χ3v) is 4.41. The van der Waals surface area contributed by atoms with Crippen LogP contribution in [0.25, 0.3) is 27.7 Å². The molecule has 0 aliphatic heterocycles. The molecular formula is C20H18FN2O2+. The number of fused-ring (bicyclic) bond motifs is 3. The molecule has 0 aliphatic carbocycles. The standard InChI is InChI=1S/C20H18FN2O2/c1-2-3-12-22-13-23(15-10-8-14(21)9-11-15)18-16-6-4-5-7-17(16)20(24)25-19(18)22/h4-11,13H,2-3,12H2,1H3/q+1. The smallest absolute Gasteiger partial charge is 0.347 e. The van der Waals surface area contributed by atoms with Crippen LogP contribution < -0.4 is 10.2 Å². The number of rotatable bonds is 4. The van der Waals surface area contributed by atoms with E-state index in [0.717, 1.165) is 36.0 Å². The topological polar surface area (TPSA) is 39.0 Å². The van der Waals surface area contributed by atoms with E-state index in [-0.39, 0.29) is 11.4 Å². The molecule has 0 spiro atoms. The zero-order valence-electron chi connectivity index (χ0n) is 13.9. The fourth-order valence-corrected chi connectivity index (χ4v) is 3.14. The van der Waals surface area contributed by atoms with E-state index < -0.39 is 0 Å². The van der Waals surface area contributed by atoms with Gasteiger partial charge in [-0.1, -0.05) is 25.5 Å². The highest BCUT2D eigenvalue weighted by Crippen LogP contribution is 2.24. The van der Waals surface area contributed by atoms with E-state index in [1.807, 2.05) is 33.7 Å². The minimum atomic E-state index is -0.342. The quantitative estimate of drug-likeness (QED) is 0.529. The predicted octanol–water partition coefficient (Wildman–Crippen LogP) is 3.96. The normalized spacial score (nSPS) is 11.4. The van der Waals surface area contributed by atoms with Crippen molar-refractivity contribution in [2.45, 2.75) is 26.3 Å². The minimum absolute atomic E-state index is 0.282. The van der Waals surface area contributed by atoms with E-state index in [9.17, 15) is 9.18 Å². The summed E-state index contributed by atoms with van der Waals surface area (Å²) >= 11 is 0. The molecule has 4 aromatic rings. The molecule has 0 unspecified atom stereocenters. The molecule has 0 saturated carbocycles. The summed E-state index contributed by atoms with van der Waals surface area (Å²) < 4.78 is 22.9. The first-order valence-corrected chi connectivity index (χ1v) is 8.41. The summed E-state index contributed by atoms with van der Waals surface area (Å²) in [5, 5.41) is 1.37. The van der Waals surface area contributed by atoms with Crippen molar-refractivity contribution in [3.63, 3.8) is 0 Å². The molecule has 2 heterocycles. The van der Waals surface area contributed by atoms with Gasteiger partial charge in [0.05, 0.1) is 11.9 Å². The van der Waals surface area contributed by atoms with Gasteiger partial charge in [-0.05, 0) is 42.8 Å². The zero-order chi connectivity index (χ0) is 17.4. The van der Waals surface area contributed by atoms with Gasteiger partial charge in [-0.25, -0.2) is 9.18 Å². The van der Waals surface area contributed by atoms with Crippen LogP contribution in [-0.4, -0.2) is 4.57 Å². The maximum atomic E-state index is 13.3. The Balaban J connectivity index is 2.09. The van der Waals surface area contributed by atoms with Crippen LogP contribution in [-0.2, 0) is 6.54 Å². The number of unbranched alkanes of at least 4 members (excludes halogenated alkanes) is 1. The van der Waals surface area contributed by atoms with Crippen molar-refractivity contribution in [2.75, 3.05) is 0 Å². The highest BCUT2D eigenvalue weighted by atomic mass is 19.1. The predicted molar refractivity (Wildman–Crippen MR) is 94.4 cm³/mol. The van der Waals surface area contributed by atoms with Gasteiger partial charge in [-0.3, -0.25) is 0 Å². The lowest BCUT2D eigenvalue weighted by atomic mass is 10.1. The summed E-state index contributed by atoms with van der Waals surface area (Å²) in [5.74, 6) is -0.282. The number of aromatic nitrogens is 2. The van der Waals surface area contributed by atoms with Crippen molar-refractivity contribution in [1.29, 1.82) is 0 Å². The largest absolute Gasteiger partial charge is 0.383 e. The highest BCUT2D eigenvalue weighted by Gasteiger charge is 2.23. The molecule has 0 N–H and O–H groups in total. The van der Waals surface area contributed by atoms with Gasteiger partial charge in [0.25, 0.3) is 6.33 Å². The molecule has 0 fully saturated rings. The molecule has 5 heteroatoms. The Bertz CT molecular complexity index is 1110. The monoisotopic (exact) mass is 337 g/mol. The molecule has 0 radical (unpaired) electrons. The van der Waals surface area contributed by atoms with Crippen molar-refractivity contribution in [1.82, 2.24) is 4.57 Å². The second-order valence-electron chi connectivity index (χ2n) is 6.10. The van der Waals surface area contributed by atoms with Crippen molar-refractivity contribution in [3.05, 3.63) is 71.1 Å². The van der Waals surface area contributed by atoms with Crippen LogP contribution in [0.2, 0.25) is 0 Å². The van der Waals surface area contributed by atoms with Crippen LogP contribution in [0.15, 0.2) is 64.1 Å². The molecule has 0 bridgehead atoms. The Labute approximate surface area is 143 Å². The Kier molecular flexibility index (Phi) is 3.84. The van der Waals surface area contributed by atoms with Gasteiger partial charge in [-0.15, -0.1) is 0 Å². The summed E-state index contributed by atoms with van der Waals surface area (Å²) in [6.07, 6.45) is 3.93. The van der Waals surface area contributed by atoms with E-state index >= 15 is 0 Å². The van der Waals surface area contributed by atoms with Crippen LogP contribution >= 0.6 is 0 Å². The molecule has 2 aromatic heterocycles. The van der Waals surface area contributed by atoms with E-state index in [2.05, 4.69) is 6.92 Å². The fraction of sp³-hybridized carbons (Fsp3) is 0.200. The number of hydrogen-bond donors (Lipinski definition) is 0. The Morgan fingerprint density at radius 3 is 2.52 bits per heavy atom. The second kappa shape index (κ2) is 6.16. The fourth-order valence-electron chi connectivity index (χ4n) is 3.14. The van der Waals surface area contributed by atoms with Crippen LogP contribution in [0.4, 0.5) is 4.39 Å². The average molecular weight is 337 g/mol. The lowest BCUT2D eigenvalue weighted by Gasteiger charge is -1.99. The Hall–Kier alpha value is -2.95. The van der Waals surface area contributed by atoms with Crippen LogP contribution in [0, 0.1) is 5.82 Å². The van der Waals surface area contributed by atoms with Crippen molar-refractivity contribution >= 4 is 22.0 Å². The van der Waals surface area contributed by atoms with Gasteiger partial charge >= 0.3 is 11.3 Å². The van der Waals surface area contributed by atoms with Crippen molar-refractivity contribution < 1.29 is 13.4 Å². The first-order valence-electron chi connectivity index (χ1n) is 8.41. The molecule has 0 saturated heterocycles. The first kappa shape index (κ1) is 15.6. The molecule has 2 aromatic carbocycles. The number of benzene rings is 2. The molecular weight excluding hydrogens is 319 g/mol. The summed E-state index contributed by atoms with van der Waals surface area (Å²) in [4.78, 5) is 12.4. The number of nitrogens with zero attached hydrogens (tertiary/aromatic N) is 2. The molecule has 0 aliphatic rings. The van der Waals surface area contributed by atoms with Crippen LogP contribution in [0.1, 0.15) is 19.8 Å². The lowest BCUT2D eigenvalue weighted by molar-refractivity contribution is -0.678. The number of imidazole rings is 1. The minimum Gasteiger partial charge on any atom is -0.383 e. The molecule has 4 nitrogen and oxygen atoms in total. The summed E-state index contributed by atoms with van der Waals surface area (Å²) in [5.41, 5.74) is 1.84. The van der Waals surface area contributed by atoms with E-state index in [1.165, 1.54) is 12.1 Å². The molecule has 0 amide bonds. The lowest BCUT2D eigenvalue weighted by Crippen LogP contribution is -2.32. The molecule has 25 heavy (non-hydrogen) atoms.